The van der Waals surface area contributed by atoms with E-state index in [9.17, 15) is 4.79 Å². The van der Waals surface area contributed by atoms with Gasteiger partial charge in [0.25, 0.3) is 0 Å². The van der Waals surface area contributed by atoms with E-state index in [1.165, 1.54) is 0 Å². The van der Waals surface area contributed by atoms with Crippen LogP contribution in [0.1, 0.15) is 32.6 Å². The molecule has 0 atom stereocenters. The van der Waals surface area contributed by atoms with Gasteiger partial charge in [0.2, 0.25) is 12.7 Å². The minimum atomic E-state index is 0.102. The Bertz CT molecular complexity index is 1090. The Kier molecular flexibility index (Phi) is 5.19. The van der Waals surface area contributed by atoms with Crippen LogP contribution in [0, 0.1) is 5.92 Å². The summed E-state index contributed by atoms with van der Waals surface area (Å²) < 4.78 is 18.2. The number of carbonyl (C=O) groups excluding carboxylic acids is 1. The molecule has 1 aromatic heterocycles. The number of hydrogen-bond acceptors (Lipinski definition) is 6. The van der Waals surface area contributed by atoms with Gasteiger partial charge in [-0.15, -0.1) is 5.10 Å². The highest BCUT2D eigenvalue weighted by Crippen LogP contribution is 2.36. The zero-order valence-corrected chi connectivity index (χ0v) is 17.3. The smallest absolute Gasteiger partial charge is 0.336 e. The van der Waals surface area contributed by atoms with Crippen LogP contribution >= 0.6 is 0 Å². The van der Waals surface area contributed by atoms with Crippen molar-refractivity contribution in [1.29, 1.82) is 0 Å². The van der Waals surface area contributed by atoms with Crippen molar-refractivity contribution in [2.24, 2.45) is 5.92 Å². The first kappa shape index (κ1) is 19.4. The van der Waals surface area contributed by atoms with Gasteiger partial charge in [0.05, 0.1) is 12.3 Å². The van der Waals surface area contributed by atoms with Gasteiger partial charge in [-0.3, -0.25) is 4.79 Å². The molecule has 0 spiro atoms. The van der Waals surface area contributed by atoms with Gasteiger partial charge in [-0.1, -0.05) is 12.8 Å². The summed E-state index contributed by atoms with van der Waals surface area (Å²) in [5, 5.41) is 7.54. The lowest BCUT2D eigenvalue weighted by molar-refractivity contribution is -0.119. The summed E-state index contributed by atoms with van der Waals surface area (Å²) in [6.45, 7) is 2.57. The summed E-state index contributed by atoms with van der Waals surface area (Å²) >= 11 is 0. The predicted octanol–water partition coefficient (Wildman–Crippen LogP) is 4.19. The van der Waals surface area contributed by atoms with Gasteiger partial charge in [-0.2, -0.15) is 4.98 Å². The number of rotatable bonds is 6. The van der Waals surface area contributed by atoms with E-state index in [0.29, 0.717) is 29.9 Å². The number of hydrogen-bond donors (Lipinski definition) is 1. The molecule has 1 N–H and O–H groups in total. The molecule has 2 heterocycles. The van der Waals surface area contributed by atoms with Gasteiger partial charge in [-0.05, 0) is 62.2 Å². The molecule has 1 saturated carbocycles. The summed E-state index contributed by atoms with van der Waals surface area (Å²) in [4.78, 5) is 17.0. The van der Waals surface area contributed by atoms with Crippen LogP contribution < -0.4 is 19.5 Å². The fraction of sp³-hybridized carbons (Fsp3) is 0.348. The Labute approximate surface area is 180 Å². The van der Waals surface area contributed by atoms with E-state index in [1.54, 1.807) is 4.68 Å². The van der Waals surface area contributed by atoms with Gasteiger partial charge >= 0.3 is 6.01 Å². The zero-order chi connectivity index (χ0) is 21.2. The van der Waals surface area contributed by atoms with Gasteiger partial charge in [0.1, 0.15) is 0 Å². The SMILES string of the molecule is CCOc1nc(-c2ccc3c(c2)OCO3)n(-c2ccc(NC(=O)C3CCCC3)cc2)n1. The molecule has 1 fully saturated rings. The van der Waals surface area contributed by atoms with E-state index < -0.39 is 0 Å². The lowest BCUT2D eigenvalue weighted by Crippen LogP contribution is -2.20. The second kappa shape index (κ2) is 8.29. The molecule has 1 amide bonds. The average Bonchev–Trinajstić information content (AvgIpc) is 3.54. The van der Waals surface area contributed by atoms with E-state index in [1.807, 2.05) is 49.4 Å². The minimum absolute atomic E-state index is 0.102. The number of aromatic nitrogens is 3. The van der Waals surface area contributed by atoms with Crippen LogP contribution in [-0.4, -0.2) is 34.1 Å². The topological polar surface area (TPSA) is 87.5 Å². The Morgan fingerprint density at radius 3 is 2.68 bits per heavy atom. The van der Waals surface area contributed by atoms with E-state index in [2.05, 4.69) is 15.4 Å². The Morgan fingerprint density at radius 2 is 1.90 bits per heavy atom. The summed E-state index contributed by atoms with van der Waals surface area (Å²) in [6.07, 6.45) is 4.21. The van der Waals surface area contributed by atoms with Crippen LogP contribution in [0.3, 0.4) is 0 Å². The van der Waals surface area contributed by atoms with Crippen molar-refractivity contribution in [3.8, 4) is 34.6 Å². The maximum absolute atomic E-state index is 12.4. The molecule has 2 aromatic carbocycles. The summed E-state index contributed by atoms with van der Waals surface area (Å²) in [5.41, 5.74) is 2.42. The van der Waals surface area contributed by atoms with E-state index in [-0.39, 0.29) is 18.6 Å². The van der Waals surface area contributed by atoms with Crippen LogP contribution in [0.5, 0.6) is 17.5 Å². The Morgan fingerprint density at radius 1 is 1.13 bits per heavy atom. The summed E-state index contributed by atoms with van der Waals surface area (Å²) in [7, 11) is 0. The van der Waals surface area contributed by atoms with E-state index >= 15 is 0 Å². The molecule has 1 aliphatic heterocycles. The maximum atomic E-state index is 12.4. The Hall–Kier alpha value is -3.55. The molecule has 8 nitrogen and oxygen atoms in total. The van der Waals surface area contributed by atoms with Crippen molar-refractivity contribution in [3.05, 3.63) is 42.5 Å². The molecule has 3 aromatic rings. The Balaban J connectivity index is 1.43. The second-order valence-electron chi connectivity index (χ2n) is 7.65. The fourth-order valence-corrected chi connectivity index (χ4v) is 4.00. The first-order valence-electron chi connectivity index (χ1n) is 10.6. The third-order valence-corrected chi connectivity index (χ3v) is 5.60. The molecule has 8 heteroatoms. The number of benzene rings is 2. The molecule has 31 heavy (non-hydrogen) atoms. The molecule has 160 valence electrons. The largest absolute Gasteiger partial charge is 0.463 e. The monoisotopic (exact) mass is 420 g/mol. The van der Waals surface area contributed by atoms with Crippen molar-refractivity contribution in [2.75, 3.05) is 18.7 Å². The van der Waals surface area contributed by atoms with E-state index in [4.69, 9.17) is 14.2 Å². The lowest BCUT2D eigenvalue weighted by Gasteiger charge is -2.11. The first-order chi connectivity index (χ1) is 15.2. The second-order valence-corrected chi connectivity index (χ2v) is 7.65. The lowest BCUT2D eigenvalue weighted by atomic mass is 10.1. The molecule has 1 aliphatic carbocycles. The minimum Gasteiger partial charge on any atom is -0.463 e. The molecule has 2 aliphatic rings. The third-order valence-electron chi connectivity index (χ3n) is 5.60. The summed E-state index contributed by atoms with van der Waals surface area (Å²) in [5.74, 6) is 2.24. The van der Waals surface area contributed by atoms with E-state index in [0.717, 1.165) is 42.6 Å². The highest BCUT2D eigenvalue weighted by atomic mass is 16.7. The van der Waals surface area contributed by atoms with Crippen molar-refractivity contribution in [1.82, 2.24) is 14.8 Å². The number of nitrogens with one attached hydrogen (secondary N) is 1. The van der Waals surface area contributed by atoms with Crippen LogP contribution in [0.4, 0.5) is 5.69 Å². The molecule has 0 radical (unpaired) electrons. The van der Waals surface area contributed by atoms with Crippen LogP contribution in [-0.2, 0) is 4.79 Å². The normalized spacial score (nSPS) is 15.3. The maximum Gasteiger partial charge on any atom is 0.336 e. The number of carbonyl (C=O) groups is 1. The van der Waals surface area contributed by atoms with Crippen molar-refractivity contribution in [2.45, 2.75) is 32.6 Å². The van der Waals surface area contributed by atoms with Gasteiger partial charge < -0.3 is 19.5 Å². The molecule has 5 rings (SSSR count). The quantitative estimate of drug-likeness (QED) is 0.643. The molecule has 0 unspecified atom stereocenters. The van der Waals surface area contributed by atoms with Crippen LogP contribution in [0.2, 0.25) is 0 Å². The van der Waals surface area contributed by atoms with Gasteiger partial charge in [-0.25, -0.2) is 4.68 Å². The predicted molar refractivity (Wildman–Crippen MR) is 115 cm³/mol. The fourth-order valence-electron chi connectivity index (χ4n) is 4.00. The number of ether oxygens (including phenoxy) is 3. The van der Waals surface area contributed by atoms with Crippen molar-refractivity contribution < 1.29 is 19.0 Å². The highest BCUT2D eigenvalue weighted by molar-refractivity contribution is 5.92. The van der Waals surface area contributed by atoms with Gasteiger partial charge in [0.15, 0.2) is 17.3 Å². The standard InChI is InChI=1S/C23H24N4O4/c1-2-29-23-25-21(16-7-12-19-20(13-16)31-14-30-19)27(26-23)18-10-8-17(9-11-18)24-22(28)15-5-3-4-6-15/h7-13,15H,2-6,14H2,1H3,(H,24,28). The summed E-state index contributed by atoms with van der Waals surface area (Å²) in [6, 6.07) is 13.5. The highest BCUT2D eigenvalue weighted by Gasteiger charge is 2.23. The molecular formula is C23H24N4O4. The van der Waals surface area contributed by atoms with Crippen LogP contribution in [0.15, 0.2) is 42.5 Å². The number of fused-ring (bicyclic) bond motifs is 1. The first-order valence-corrected chi connectivity index (χ1v) is 10.6. The molecular weight excluding hydrogens is 396 g/mol. The third kappa shape index (κ3) is 3.93. The van der Waals surface area contributed by atoms with Gasteiger partial charge in [0, 0.05) is 17.2 Å². The molecule has 0 saturated heterocycles. The number of anilines is 1. The molecule has 0 bridgehead atoms. The van der Waals surface area contributed by atoms with Crippen molar-refractivity contribution in [3.63, 3.8) is 0 Å². The number of nitrogens with zero attached hydrogens (tertiary/aromatic N) is 3. The zero-order valence-electron chi connectivity index (χ0n) is 17.3. The number of amides is 1. The average molecular weight is 420 g/mol. The van der Waals surface area contributed by atoms with Crippen LogP contribution in [0.25, 0.3) is 17.1 Å². The van der Waals surface area contributed by atoms with Crippen molar-refractivity contribution >= 4 is 11.6 Å².